The Balaban J connectivity index is 1.34. The Kier molecular flexibility index (Phi) is 4.63. The molecule has 0 bridgehead atoms. The second-order valence-corrected chi connectivity index (χ2v) is 6.93. The number of aryl methyl sites for hydroxylation is 1. The highest BCUT2D eigenvalue weighted by molar-refractivity contribution is 5.43. The fraction of sp³-hybridized carbons (Fsp3) is 0.526. The summed E-state index contributed by atoms with van der Waals surface area (Å²) in [7, 11) is 1.93. The van der Waals surface area contributed by atoms with Crippen LogP contribution in [0.15, 0.2) is 30.6 Å². The van der Waals surface area contributed by atoms with Gasteiger partial charge in [0.2, 0.25) is 0 Å². The van der Waals surface area contributed by atoms with Gasteiger partial charge in [-0.15, -0.1) is 0 Å². The van der Waals surface area contributed by atoms with Crippen LogP contribution < -0.4 is 9.47 Å². The fourth-order valence-corrected chi connectivity index (χ4v) is 3.74. The average molecular weight is 343 g/mol. The molecule has 1 aromatic carbocycles. The van der Waals surface area contributed by atoms with Crippen molar-refractivity contribution >= 4 is 0 Å². The molecule has 0 amide bonds. The molecule has 1 aromatic heterocycles. The first-order chi connectivity index (χ1) is 12.2. The molecule has 1 N–H and O–H groups in total. The van der Waals surface area contributed by atoms with Gasteiger partial charge in [-0.25, -0.2) is 4.98 Å². The molecule has 0 aliphatic carbocycles. The molecule has 6 nitrogen and oxygen atoms in total. The molecule has 1 atom stereocenters. The number of imidazole rings is 1. The quantitative estimate of drug-likeness (QED) is 0.922. The largest absolute Gasteiger partial charge is 0.486 e. The van der Waals surface area contributed by atoms with Gasteiger partial charge >= 0.3 is 0 Å². The Morgan fingerprint density at radius 2 is 1.96 bits per heavy atom. The number of likely N-dealkylation sites (tertiary alicyclic amines) is 1. The van der Waals surface area contributed by atoms with E-state index in [0.717, 1.165) is 49.8 Å². The lowest BCUT2D eigenvalue weighted by molar-refractivity contribution is 0.0492. The summed E-state index contributed by atoms with van der Waals surface area (Å²) in [6.45, 7) is 4.12. The third-order valence-electron chi connectivity index (χ3n) is 5.21. The molecule has 0 spiro atoms. The molecule has 1 fully saturated rings. The number of piperidine rings is 1. The van der Waals surface area contributed by atoms with E-state index in [0.29, 0.717) is 13.2 Å². The molecule has 0 radical (unpaired) electrons. The lowest BCUT2D eigenvalue weighted by Gasteiger charge is -2.34. The first kappa shape index (κ1) is 16.4. The van der Waals surface area contributed by atoms with Gasteiger partial charge in [-0.05, 0) is 49.5 Å². The van der Waals surface area contributed by atoms with Gasteiger partial charge in [0.1, 0.15) is 25.1 Å². The Bertz CT molecular complexity index is 722. The van der Waals surface area contributed by atoms with Crippen molar-refractivity contribution in [1.82, 2.24) is 14.5 Å². The molecule has 0 unspecified atom stereocenters. The molecule has 25 heavy (non-hydrogen) atoms. The summed E-state index contributed by atoms with van der Waals surface area (Å²) in [5.41, 5.74) is 1.24. The van der Waals surface area contributed by atoms with Crippen molar-refractivity contribution in [3.63, 3.8) is 0 Å². The summed E-state index contributed by atoms with van der Waals surface area (Å²) in [5.74, 6) is 2.73. The van der Waals surface area contributed by atoms with Gasteiger partial charge in [-0.2, -0.15) is 0 Å². The highest BCUT2D eigenvalue weighted by atomic mass is 16.6. The van der Waals surface area contributed by atoms with Crippen LogP contribution in [0.25, 0.3) is 0 Å². The summed E-state index contributed by atoms with van der Waals surface area (Å²) >= 11 is 0. The van der Waals surface area contributed by atoms with Gasteiger partial charge in [0.05, 0.1) is 0 Å². The van der Waals surface area contributed by atoms with E-state index in [1.165, 1.54) is 5.56 Å². The van der Waals surface area contributed by atoms with Crippen molar-refractivity contribution < 1.29 is 14.6 Å². The van der Waals surface area contributed by atoms with Gasteiger partial charge in [-0.3, -0.25) is 4.90 Å². The van der Waals surface area contributed by atoms with E-state index in [2.05, 4.69) is 22.0 Å². The molecule has 2 aliphatic rings. The smallest absolute Gasteiger partial charge is 0.161 e. The normalized spacial score (nSPS) is 19.8. The number of hydrogen-bond acceptors (Lipinski definition) is 5. The number of aliphatic hydroxyl groups is 1. The lowest BCUT2D eigenvalue weighted by Crippen LogP contribution is -2.35. The van der Waals surface area contributed by atoms with Gasteiger partial charge in [0.15, 0.2) is 11.5 Å². The Morgan fingerprint density at radius 1 is 1.20 bits per heavy atom. The van der Waals surface area contributed by atoms with Crippen molar-refractivity contribution in [3.05, 3.63) is 42.0 Å². The first-order valence-electron chi connectivity index (χ1n) is 8.97. The summed E-state index contributed by atoms with van der Waals surface area (Å²) < 4.78 is 13.2. The number of hydrogen-bond donors (Lipinski definition) is 1. The van der Waals surface area contributed by atoms with Crippen LogP contribution in [0.1, 0.15) is 30.3 Å². The van der Waals surface area contributed by atoms with E-state index in [-0.39, 0.29) is 5.92 Å². The maximum absolute atomic E-state index is 10.6. The maximum Gasteiger partial charge on any atom is 0.161 e. The third kappa shape index (κ3) is 3.50. The van der Waals surface area contributed by atoms with Crippen LogP contribution in [0, 0.1) is 5.92 Å². The molecule has 134 valence electrons. The lowest BCUT2D eigenvalue weighted by atomic mass is 9.90. The summed E-state index contributed by atoms with van der Waals surface area (Å²) in [5, 5.41) is 10.6. The second kappa shape index (κ2) is 7.06. The Labute approximate surface area is 148 Å². The van der Waals surface area contributed by atoms with E-state index in [1.807, 2.05) is 23.9 Å². The number of ether oxygens (including phenoxy) is 2. The van der Waals surface area contributed by atoms with Crippen molar-refractivity contribution in [1.29, 1.82) is 0 Å². The van der Waals surface area contributed by atoms with E-state index in [4.69, 9.17) is 9.47 Å². The summed E-state index contributed by atoms with van der Waals surface area (Å²) in [6.07, 6.45) is 5.12. The van der Waals surface area contributed by atoms with Crippen molar-refractivity contribution in [2.75, 3.05) is 26.3 Å². The fourth-order valence-electron chi connectivity index (χ4n) is 3.74. The van der Waals surface area contributed by atoms with Gasteiger partial charge < -0.3 is 19.1 Å². The molecular weight excluding hydrogens is 318 g/mol. The van der Waals surface area contributed by atoms with Gasteiger partial charge in [-0.1, -0.05) is 6.07 Å². The van der Waals surface area contributed by atoms with Crippen LogP contribution in [0.5, 0.6) is 11.5 Å². The molecule has 1 saturated heterocycles. The number of aromatic nitrogens is 2. The topological polar surface area (TPSA) is 59.8 Å². The molecule has 2 aromatic rings. The number of aliphatic hydroxyl groups excluding tert-OH is 1. The van der Waals surface area contributed by atoms with Gasteiger partial charge in [0, 0.05) is 26.0 Å². The van der Waals surface area contributed by atoms with E-state index < -0.39 is 6.10 Å². The van der Waals surface area contributed by atoms with E-state index in [1.54, 1.807) is 6.20 Å². The SMILES string of the molecule is Cn1ccnc1[C@@H](O)C1CCN(Cc2ccc3c(c2)OCCO3)CC1. The van der Waals surface area contributed by atoms with E-state index >= 15 is 0 Å². The zero-order valence-corrected chi connectivity index (χ0v) is 14.6. The van der Waals surface area contributed by atoms with Crippen LogP contribution in [-0.2, 0) is 13.6 Å². The zero-order valence-electron chi connectivity index (χ0n) is 14.6. The van der Waals surface area contributed by atoms with Crippen molar-refractivity contribution in [3.8, 4) is 11.5 Å². The molecule has 2 aliphatic heterocycles. The van der Waals surface area contributed by atoms with Crippen LogP contribution in [0.3, 0.4) is 0 Å². The average Bonchev–Trinajstić information content (AvgIpc) is 3.08. The minimum Gasteiger partial charge on any atom is -0.486 e. The first-order valence-corrected chi connectivity index (χ1v) is 8.97. The highest BCUT2D eigenvalue weighted by Gasteiger charge is 2.28. The van der Waals surface area contributed by atoms with Crippen molar-refractivity contribution in [2.45, 2.75) is 25.5 Å². The predicted molar refractivity (Wildman–Crippen MR) is 93.6 cm³/mol. The number of fused-ring (bicyclic) bond motifs is 1. The molecule has 0 saturated carbocycles. The number of rotatable bonds is 4. The summed E-state index contributed by atoms with van der Waals surface area (Å²) in [6, 6.07) is 6.20. The van der Waals surface area contributed by atoms with Crippen LogP contribution in [0.4, 0.5) is 0 Å². The minimum atomic E-state index is -0.476. The van der Waals surface area contributed by atoms with Crippen molar-refractivity contribution in [2.24, 2.45) is 13.0 Å². The number of nitrogens with zero attached hydrogens (tertiary/aromatic N) is 3. The molecule has 4 rings (SSSR count). The van der Waals surface area contributed by atoms with Gasteiger partial charge in [0.25, 0.3) is 0 Å². The monoisotopic (exact) mass is 343 g/mol. The molecular formula is C19H25N3O3. The maximum atomic E-state index is 10.6. The Morgan fingerprint density at radius 3 is 2.68 bits per heavy atom. The predicted octanol–water partition coefficient (Wildman–Crippen LogP) is 2.14. The zero-order chi connectivity index (χ0) is 17.2. The van der Waals surface area contributed by atoms with Crippen LogP contribution in [-0.4, -0.2) is 45.9 Å². The highest BCUT2D eigenvalue weighted by Crippen LogP contribution is 2.33. The number of benzene rings is 1. The molecule has 6 heteroatoms. The van der Waals surface area contributed by atoms with E-state index in [9.17, 15) is 5.11 Å². The minimum absolute atomic E-state index is 0.276. The summed E-state index contributed by atoms with van der Waals surface area (Å²) in [4.78, 5) is 6.73. The second-order valence-electron chi connectivity index (χ2n) is 6.93. The molecule has 3 heterocycles. The van der Waals surface area contributed by atoms with Crippen LogP contribution in [0.2, 0.25) is 0 Å². The standard InChI is InChI=1S/C19H25N3O3/c1-21-9-6-20-19(21)18(23)15-4-7-22(8-5-15)13-14-2-3-16-17(12-14)25-11-10-24-16/h2-3,6,9,12,15,18,23H,4-5,7-8,10-11,13H2,1H3/t18-/m0/s1. The van der Waals surface area contributed by atoms with Crippen LogP contribution >= 0.6 is 0 Å². The third-order valence-corrected chi connectivity index (χ3v) is 5.21. The Hall–Kier alpha value is -2.05.